The molecule has 4 nitrogen and oxygen atoms in total. The number of rotatable bonds is 3. The van der Waals surface area contributed by atoms with Crippen LogP contribution in [0.3, 0.4) is 0 Å². The normalized spacial score (nSPS) is 11.4. The van der Waals surface area contributed by atoms with Crippen molar-refractivity contribution in [3.05, 3.63) is 28.4 Å². The molecule has 15 heavy (non-hydrogen) atoms. The van der Waals surface area contributed by atoms with Crippen molar-refractivity contribution in [1.82, 2.24) is 4.98 Å². The summed E-state index contributed by atoms with van der Waals surface area (Å²) in [4.78, 5) is 14.5. The second-order valence-electron chi connectivity index (χ2n) is 3.89. The third-order valence-corrected chi connectivity index (χ3v) is 4.64. The lowest BCUT2D eigenvalue weighted by Gasteiger charge is -2.15. The number of nitro groups is 1. The van der Waals surface area contributed by atoms with Gasteiger partial charge in [-0.15, -0.1) is 0 Å². The predicted octanol–water partition coefficient (Wildman–Crippen LogP) is 3.53. The highest BCUT2D eigenvalue weighted by Crippen LogP contribution is 2.40. The van der Waals surface area contributed by atoms with Gasteiger partial charge in [0.2, 0.25) is 0 Å². The molecule has 0 amide bonds. The van der Waals surface area contributed by atoms with E-state index in [2.05, 4.69) is 25.8 Å². The van der Waals surface area contributed by atoms with E-state index in [1.165, 1.54) is 12.3 Å². The van der Waals surface area contributed by atoms with Crippen LogP contribution in [0.15, 0.2) is 23.2 Å². The topological polar surface area (TPSA) is 56.0 Å². The fourth-order valence-corrected chi connectivity index (χ4v) is 2.60. The van der Waals surface area contributed by atoms with Crippen LogP contribution in [0.25, 0.3) is 0 Å². The van der Waals surface area contributed by atoms with Gasteiger partial charge in [-0.05, 0) is 16.0 Å². The lowest BCUT2D eigenvalue weighted by molar-refractivity contribution is -0.389. The third-order valence-electron chi connectivity index (χ3n) is 1.30. The van der Waals surface area contributed by atoms with E-state index in [-0.39, 0.29) is 10.6 Å². The van der Waals surface area contributed by atoms with Crippen molar-refractivity contribution < 1.29 is 4.92 Å². The van der Waals surface area contributed by atoms with Crippen molar-refractivity contribution >= 4 is 27.4 Å². The molecule has 0 bridgehead atoms. The lowest BCUT2D eigenvalue weighted by Crippen LogP contribution is -2.04. The summed E-state index contributed by atoms with van der Waals surface area (Å²) in [5.74, 6) is -0.111. The fourth-order valence-electron chi connectivity index (χ4n) is 0.703. The Morgan fingerprint density at radius 1 is 1.40 bits per heavy atom. The highest BCUT2D eigenvalue weighted by Gasteiger charge is 2.13. The summed E-state index contributed by atoms with van der Waals surface area (Å²) in [6.07, 6.45) is 1.53. The Bertz CT molecular complexity index is 346. The van der Waals surface area contributed by atoms with Crippen LogP contribution in [-0.2, 0) is 0 Å². The molecule has 0 saturated heterocycles. The molecular weight excluding hydrogens is 232 g/mol. The molecule has 0 radical (unpaired) electrons. The molecule has 0 fully saturated rings. The standard InChI is InChI=1S/C9H12N2O2S2/c1-9(2,3)15-14-7-4-5-8(10-6-7)11(12)13/h4-6H,1-3H3. The molecular formula is C9H12N2O2S2. The maximum absolute atomic E-state index is 10.4. The molecule has 0 N–H and O–H groups in total. The van der Waals surface area contributed by atoms with Gasteiger partial charge in [0.15, 0.2) is 6.20 Å². The van der Waals surface area contributed by atoms with Gasteiger partial charge in [-0.1, -0.05) is 42.4 Å². The first-order valence-electron chi connectivity index (χ1n) is 4.34. The van der Waals surface area contributed by atoms with E-state index in [4.69, 9.17) is 0 Å². The molecule has 1 aromatic heterocycles. The van der Waals surface area contributed by atoms with Gasteiger partial charge in [-0.3, -0.25) is 0 Å². The van der Waals surface area contributed by atoms with Crippen LogP contribution in [0.2, 0.25) is 0 Å². The molecule has 0 aliphatic rings. The van der Waals surface area contributed by atoms with E-state index in [1.807, 2.05) is 0 Å². The maximum Gasteiger partial charge on any atom is 0.363 e. The summed E-state index contributed by atoms with van der Waals surface area (Å²) in [5, 5.41) is 10.4. The van der Waals surface area contributed by atoms with Crippen molar-refractivity contribution in [1.29, 1.82) is 0 Å². The molecule has 6 heteroatoms. The molecule has 0 unspecified atom stereocenters. The summed E-state index contributed by atoms with van der Waals surface area (Å²) in [5.41, 5.74) is 0. The highest BCUT2D eigenvalue weighted by molar-refractivity contribution is 8.77. The van der Waals surface area contributed by atoms with Crippen LogP contribution < -0.4 is 0 Å². The molecule has 82 valence electrons. The average Bonchev–Trinajstić information content (AvgIpc) is 2.14. The maximum atomic E-state index is 10.4. The Morgan fingerprint density at radius 2 is 2.07 bits per heavy atom. The first-order chi connectivity index (χ1) is 6.88. The van der Waals surface area contributed by atoms with Crippen molar-refractivity contribution in [2.24, 2.45) is 0 Å². The Kier molecular flexibility index (Phi) is 3.98. The number of pyridine rings is 1. The number of hydrogen-bond acceptors (Lipinski definition) is 5. The summed E-state index contributed by atoms with van der Waals surface area (Å²) >= 11 is 0. The van der Waals surface area contributed by atoms with Crippen LogP contribution >= 0.6 is 21.6 Å². The van der Waals surface area contributed by atoms with E-state index in [0.29, 0.717) is 0 Å². The number of aromatic nitrogens is 1. The second-order valence-corrected chi connectivity index (χ2v) is 6.92. The van der Waals surface area contributed by atoms with Gasteiger partial charge in [0, 0.05) is 10.8 Å². The monoisotopic (exact) mass is 244 g/mol. The summed E-state index contributed by atoms with van der Waals surface area (Å²) < 4.78 is 0.159. The fraction of sp³-hybridized carbons (Fsp3) is 0.444. The average molecular weight is 244 g/mol. The molecule has 0 aromatic carbocycles. The molecule has 0 saturated carbocycles. The van der Waals surface area contributed by atoms with E-state index in [9.17, 15) is 10.1 Å². The van der Waals surface area contributed by atoms with Gasteiger partial charge in [0.1, 0.15) is 0 Å². The summed E-state index contributed by atoms with van der Waals surface area (Å²) in [6, 6.07) is 3.14. The quantitative estimate of drug-likeness (QED) is 0.462. The van der Waals surface area contributed by atoms with Gasteiger partial charge >= 0.3 is 5.82 Å². The van der Waals surface area contributed by atoms with Crippen molar-refractivity contribution in [3.63, 3.8) is 0 Å². The number of nitrogens with zero attached hydrogens (tertiary/aromatic N) is 2. The van der Waals surface area contributed by atoms with Crippen molar-refractivity contribution in [3.8, 4) is 0 Å². The minimum absolute atomic E-state index is 0.111. The van der Waals surface area contributed by atoms with Crippen LogP contribution in [0, 0.1) is 10.1 Å². The third kappa shape index (κ3) is 4.53. The Morgan fingerprint density at radius 3 is 2.47 bits per heavy atom. The molecule has 1 heterocycles. The van der Waals surface area contributed by atoms with Crippen molar-refractivity contribution in [2.75, 3.05) is 0 Å². The van der Waals surface area contributed by atoms with E-state index in [1.54, 1.807) is 27.7 Å². The predicted molar refractivity (Wildman–Crippen MR) is 64.1 cm³/mol. The smallest absolute Gasteiger partial charge is 0.358 e. The zero-order valence-electron chi connectivity index (χ0n) is 8.76. The summed E-state index contributed by atoms with van der Waals surface area (Å²) in [7, 11) is 3.29. The number of hydrogen-bond donors (Lipinski definition) is 0. The zero-order valence-corrected chi connectivity index (χ0v) is 10.4. The molecule has 0 atom stereocenters. The minimum atomic E-state index is -0.495. The molecule has 0 aliphatic carbocycles. The largest absolute Gasteiger partial charge is 0.363 e. The molecule has 0 spiro atoms. The lowest BCUT2D eigenvalue weighted by atomic mass is 10.3. The Hall–Kier alpha value is -0.750. The minimum Gasteiger partial charge on any atom is -0.358 e. The SMILES string of the molecule is CC(C)(C)SSc1ccc([N+](=O)[O-])nc1. The van der Waals surface area contributed by atoms with Crippen molar-refractivity contribution in [2.45, 2.75) is 30.4 Å². The van der Waals surface area contributed by atoms with Crippen LogP contribution in [0.4, 0.5) is 5.82 Å². The Balaban J connectivity index is 2.61. The van der Waals surface area contributed by atoms with E-state index >= 15 is 0 Å². The van der Waals surface area contributed by atoms with Gasteiger partial charge in [-0.25, -0.2) is 0 Å². The van der Waals surface area contributed by atoms with Gasteiger partial charge in [0.05, 0.1) is 4.90 Å². The molecule has 1 rings (SSSR count). The van der Waals surface area contributed by atoms with Crippen LogP contribution in [-0.4, -0.2) is 14.7 Å². The summed E-state index contributed by atoms with van der Waals surface area (Å²) in [6.45, 7) is 6.34. The van der Waals surface area contributed by atoms with E-state index < -0.39 is 4.92 Å². The van der Waals surface area contributed by atoms with Crippen LogP contribution in [0.5, 0.6) is 0 Å². The van der Waals surface area contributed by atoms with Crippen LogP contribution in [0.1, 0.15) is 20.8 Å². The first kappa shape index (κ1) is 12.3. The van der Waals surface area contributed by atoms with Gasteiger partial charge < -0.3 is 10.1 Å². The molecule has 0 aliphatic heterocycles. The molecule has 1 aromatic rings. The van der Waals surface area contributed by atoms with Gasteiger partial charge in [-0.2, -0.15) is 0 Å². The van der Waals surface area contributed by atoms with E-state index in [0.717, 1.165) is 4.90 Å². The second kappa shape index (κ2) is 4.85. The zero-order chi connectivity index (χ0) is 11.5. The van der Waals surface area contributed by atoms with Gasteiger partial charge in [0.25, 0.3) is 0 Å². The Labute approximate surface area is 96.4 Å². The first-order valence-corrected chi connectivity index (χ1v) is 6.49. The highest BCUT2D eigenvalue weighted by atomic mass is 33.1.